The van der Waals surface area contributed by atoms with Crippen LogP contribution in [0.15, 0.2) is 115 Å². The van der Waals surface area contributed by atoms with E-state index in [-0.39, 0.29) is 31.1 Å². The summed E-state index contributed by atoms with van der Waals surface area (Å²) >= 11 is 0. The number of carboxylic acids is 1. The second-order valence-corrected chi connectivity index (χ2v) is 13.4. The standard InChI is InChI=1S/C42H44N4O5/c1-46(41(49)33-19-21-43-22-20-33)38(27-30-16-18-32-12-6-8-14-35(32)24-30)40(48)44-36(26-29-15-17-31-11-5-7-13-34(31)23-29)39(47)45-37(42(50)51)25-28-9-3-2-4-10-28/h2-18,23-24,33,36-38,43H,19-22,25-27H2,1H3,(H,44,48)(H,45,47)(H,50,51)/t36-,37?,38+/m0/s1. The van der Waals surface area contributed by atoms with Crippen LogP contribution in [0.1, 0.15) is 29.5 Å². The van der Waals surface area contributed by atoms with E-state index < -0.39 is 35.9 Å². The topological polar surface area (TPSA) is 128 Å². The van der Waals surface area contributed by atoms with Gasteiger partial charge in [-0.25, -0.2) is 4.79 Å². The molecule has 3 amide bonds. The van der Waals surface area contributed by atoms with Crippen molar-refractivity contribution in [2.45, 2.75) is 50.2 Å². The van der Waals surface area contributed by atoms with Crippen molar-refractivity contribution in [3.63, 3.8) is 0 Å². The van der Waals surface area contributed by atoms with Crippen LogP contribution in [0.25, 0.3) is 21.5 Å². The molecule has 9 heteroatoms. The molecule has 9 nitrogen and oxygen atoms in total. The fourth-order valence-electron chi connectivity index (χ4n) is 6.91. The fraction of sp³-hybridized carbons (Fsp3) is 0.286. The van der Waals surface area contributed by atoms with Gasteiger partial charge < -0.3 is 26.0 Å². The quantitative estimate of drug-likeness (QED) is 0.140. The van der Waals surface area contributed by atoms with Gasteiger partial charge in [0.1, 0.15) is 18.1 Å². The van der Waals surface area contributed by atoms with E-state index in [1.165, 1.54) is 4.90 Å². The molecule has 1 heterocycles. The minimum absolute atomic E-state index is 0.0800. The first-order valence-corrected chi connectivity index (χ1v) is 17.6. The minimum Gasteiger partial charge on any atom is -0.480 e. The molecule has 1 aliphatic heterocycles. The molecule has 1 aliphatic rings. The number of carboxylic acid groups (broad SMARTS) is 1. The zero-order valence-electron chi connectivity index (χ0n) is 28.8. The maximum absolute atomic E-state index is 14.5. The third-order valence-corrected chi connectivity index (χ3v) is 9.83. The molecule has 1 fully saturated rings. The van der Waals surface area contributed by atoms with Crippen molar-refractivity contribution in [3.05, 3.63) is 132 Å². The first kappa shape index (κ1) is 35.3. The number of nitrogens with zero attached hydrogens (tertiary/aromatic N) is 1. The Balaban J connectivity index is 1.30. The summed E-state index contributed by atoms with van der Waals surface area (Å²) in [4.78, 5) is 56.2. The monoisotopic (exact) mass is 684 g/mol. The van der Waals surface area contributed by atoms with E-state index in [0.717, 1.165) is 51.3 Å². The van der Waals surface area contributed by atoms with E-state index in [1.807, 2.05) is 115 Å². The predicted octanol–water partition coefficient (Wildman–Crippen LogP) is 4.90. The lowest BCUT2D eigenvalue weighted by Crippen LogP contribution is -2.58. The summed E-state index contributed by atoms with van der Waals surface area (Å²) in [6.07, 6.45) is 1.79. The number of nitrogens with one attached hydrogen (secondary N) is 3. The lowest BCUT2D eigenvalue weighted by atomic mass is 9.94. The zero-order chi connectivity index (χ0) is 35.7. The average Bonchev–Trinajstić information content (AvgIpc) is 3.16. The van der Waals surface area contributed by atoms with Gasteiger partial charge in [-0.3, -0.25) is 14.4 Å². The maximum Gasteiger partial charge on any atom is 0.326 e. The van der Waals surface area contributed by atoms with Crippen LogP contribution in [0.4, 0.5) is 0 Å². The Kier molecular flexibility index (Phi) is 11.4. The van der Waals surface area contributed by atoms with Gasteiger partial charge in [0.05, 0.1) is 0 Å². The molecular weight excluding hydrogens is 640 g/mol. The number of fused-ring (bicyclic) bond motifs is 2. The normalized spacial score (nSPS) is 15.1. The highest BCUT2D eigenvalue weighted by Gasteiger charge is 2.35. The molecule has 0 saturated carbocycles. The van der Waals surface area contributed by atoms with E-state index in [1.54, 1.807) is 7.05 Å². The first-order valence-electron chi connectivity index (χ1n) is 17.6. The summed E-state index contributed by atoms with van der Waals surface area (Å²) in [5.74, 6) is -2.60. The minimum atomic E-state index is -1.21. The number of hydrogen-bond acceptors (Lipinski definition) is 5. The predicted molar refractivity (Wildman–Crippen MR) is 199 cm³/mol. The Morgan fingerprint density at radius 2 is 1.16 bits per heavy atom. The summed E-state index contributed by atoms with van der Waals surface area (Å²) in [5.41, 5.74) is 2.44. The molecule has 0 spiro atoms. The van der Waals surface area contributed by atoms with Crippen LogP contribution in [0.3, 0.4) is 0 Å². The van der Waals surface area contributed by atoms with Crippen LogP contribution in [-0.4, -0.2) is 72.0 Å². The van der Waals surface area contributed by atoms with Crippen molar-refractivity contribution in [2.75, 3.05) is 20.1 Å². The summed E-state index contributed by atoms with van der Waals surface area (Å²) in [7, 11) is 1.66. The van der Waals surface area contributed by atoms with E-state index in [9.17, 15) is 24.3 Å². The van der Waals surface area contributed by atoms with Gasteiger partial charge in [0, 0.05) is 32.2 Å². The van der Waals surface area contributed by atoms with Gasteiger partial charge in [0.15, 0.2) is 0 Å². The Hall–Kier alpha value is -5.54. The molecule has 0 aliphatic carbocycles. The number of likely N-dealkylation sites (N-methyl/N-ethyl adjacent to an activating group) is 1. The molecule has 5 aromatic rings. The maximum atomic E-state index is 14.5. The molecular formula is C42H44N4O5. The smallest absolute Gasteiger partial charge is 0.326 e. The van der Waals surface area contributed by atoms with Crippen LogP contribution >= 0.6 is 0 Å². The molecule has 5 aromatic carbocycles. The summed E-state index contributed by atoms with van der Waals surface area (Å²) < 4.78 is 0. The Bertz CT molecular complexity index is 2010. The lowest BCUT2D eigenvalue weighted by Gasteiger charge is -2.33. The summed E-state index contributed by atoms with van der Waals surface area (Å²) in [5, 5.41) is 23.2. The molecule has 0 radical (unpaired) electrons. The van der Waals surface area contributed by atoms with Crippen molar-refractivity contribution < 1.29 is 24.3 Å². The summed E-state index contributed by atoms with van der Waals surface area (Å²) in [6, 6.07) is 33.5. The number of hydrogen-bond donors (Lipinski definition) is 4. The van der Waals surface area contributed by atoms with Crippen LogP contribution in [0, 0.1) is 5.92 Å². The molecule has 262 valence electrons. The number of amides is 3. The van der Waals surface area contributed by atoms with E-state index in [4.69, 9.17) is 0 Å². The fourth-order valence-corrected chi connectivity index (χ4v) is 6.91. The van der Waals surface area contributed by atoms with Gasteiger partial charge in [-0.1, -0.05) is 115 Å². The third-order valence-electron chi connectivity index (χ3n) is 9.83. The highest BCUT2D eigenvalue weighted by atomic mass is 16.4. The van der Waals surface area contributed by atoms with E-state index in [0.29, 0.717) is 12.8 Å². The second-order valence-electron chi connectivity index (χ2n) is 13.4. The van der Waals surface area contributed by atoms with Gasteiger partial charge in [-0.2, -0.15) is 0 Å². The Labute approximate surface area is 298 Å². The number of carbonyl (C=O) groups is 4. The zero-order valence-corrected chi connectivity index (χ0v) is 28.8. The molecule has 4 N–H and O–H groups in total. The molecule has 1 saturated heterocycles. The molecule has 51 heavy (non-hydrogen) atoms. The first-order chi connectivity index (χ1) is 24.7. The van der Waals surface area contributed by atoms with Crippen LogP contribution in [0.2, 0.25) is 0 Å². The van der Waals surface area contributed by atoms with Gasteiger partial charge in [-0.15, -0.1) is 0 Å². The van der Waals surface area contributed by atoms with Crippen LogP contribution in [-0.2, 0) is 38.4 Å². The molecule has 0 aromatic heterocycles. The average molecular weight is 685 g/mol. The van der Waals surface area contributed by atoms with Crippen molar-refractivity contribution in [1.82, 2.24) is 20.9 Å². The number of aliphatic carboxylic acids is 1. The van der Waals surface area contributed by atoms with Crippen LogP contribution < -0.4 is 16.0 Å². The van der Waals surface area contributed by atoms with Gasteiger partial charge in [0.25, 0.3) is 0 Å². The highest BCUT2D eigenvalue weighted by Crippen LogP contribution is 2.22. The largest absolute Gasteiger partial charge is 0.480 e. The second kappa shape index (κ2) is 16.4. The number of piperidine rings is 1. The SMILES string of the molecule is CN(C(=O)C1CCNCC1)[C@H](Cc1ccc2ccccc2c1)C(=O)N[C@@H](Cc1ccc2ccccc2c1)C(=O)NC(Cc1ccccc1)C(=O)O. The van der Waals surface area contributed by atoms with Crippen molar-refractivity contribution in [1.29, 1.82) is 0 Å². The molecule has 1 unspecified atom stereocenters. The number of rotatable bonds is 13. The Morgan fingerprint density at radius 1 is 0.647 bits per heavy atom. The number of benzene rings is 5. The molecule has 6 rings (SSSR count). The van der Waals surface area contributed by atoms with Gasteiger partial charge in [0.2, 0.25) is 17.7 Å². The summed E-state index contributed by atoms with van der Waals surface area (Å²) in [6.45, 7) is 1.46. The number of carbonyl (C=O) groups excluding carboxylic acids is 3. The van der Waals surface area contributed by atoms with Crippen molar-refractivity contribution in [3.8, 4) is 0 Å². The Morgan fingerprint density at radius 3 is 1.75 bits per heavy atom. The highest BCUT2D eigenvalue weighted by molar-refractivity contribution is 5.94. The van der Waals surface area contributed by atoms with Crippen molar-refractivity contribution >= 4 is 45.2 Å². The lowest BCUT2D eigenvalue weighted by molar-refractivity contribution is -0.144. The van der Waals surface area contributed by atoms with Crippen molar-refractivity contribution in [2.24, 2.45) is 5.92 Å². The van der Waals surface area contributed by atoms with Gasteiger partial charge in [-0.05, 0) is 64.2 Å². The molecule has 3 atom stereocenters. The van der Waals surface area contributed by atoms with E-state index in [2.05, 4.69) is 16.0 Å². The van der Waals surface area contributed by atoms with Gasteiger partial charge >= 0.3 is 5.97 Å². The molecule has 0 bridgehead atoms. The van der Waals surface area contributed by atoms with E-state index >= 15 is 0 Å². The third kappa shape index (κ3) is 8.98. The van der Waals surface area contributed by atoms with Crippen LogP contribution in [0.5, 0.6) is 0 Å².